The third kappa shape index (κ3) is 2.84. The van der Waals surface area contributed by atoms with Gasteiger partial charge in [-0.2, -0.15) is 4.98 Å². The number of amides is 1. The molecule has 0 radical (unpaired) electrons. The van der Waals surface area contributed by atoms with Crippen LogP contribution in [-0.4, -0.2) is 35.4 Å². The number of benzene rings is 2. The number of carbonyl (C=O) groups is 1. The van der Waals surface area contributed by atoms with Crippen molar-refractivity contribution in [1.29, 1.82) is 0 Å². The van der Waals surface area contributed by atoms with Gasteiger partial charge in [0, 0.05) is 31.7 Å². The van der Waals surface area contributed by atoms with Crippen molar-refractivity contribution < 1.29 is 13.6 Å². The van der Waals surface area contributed by atoms with Crippen molar-refractivity contribution in [2.75, 3.05) is 24.5 Å². The molecule has 0 bridgehead atoms. The van der Waals surface area contributed by atoms with Gasteiger partial charge in [0.05, 0.1) is 5.41 Å². The largest absolute Gasteiger partial charge is 0.423 e. The molecule has 0 aliphatic carbocycles. The predicted octanol–water partition coefficient (Wildman–Crippen LogP) is 3.99. The van der Waals surface area contributed by atoms with Crippen molar-refractivity contribution >= 4 is 23.0 Å². The van der Waals surface area contributed by atoms with Crippen molar-refractivity contribution in [3.63, 3.8) is 0 Å². The fourth-order valence-corrected chi connectivity index (χ4v) is 4.54. The Morgan fingerprint density at radius 1 is 1.07 bits per heavy atom. The first kappa shape index (κ1) is 17.2. The molecule has 2 aromatic carbocycles. The average Bonchev–Trinajstić information content (AvgIpc) is 3.32. The fraction of sp³-hybridized carbons (Fsp3) is 0.364. The van der Waals surface area contributed by atoms with Crippen LogP contribution in [0.4, 0.5) is 10.4 Å². The molecule has 2 aliphatic heterocycles. The lowest BCUT2D eigenvalue weighted by Gasteiger charge is -2.39. The average molecular weight is 379 g/mol. The maximum Gasteiger partial charge on any atom is 0.298 e. The summed E-state index contributed by atoms with van der Waals surface area (Å²) in [4.78, 5) is 21.8. The molecule has 3 aromatic rings. The zero-order valence-corrected chi connectivity index (χ0v) is 15.6. The molecule has 5 rings (SSSR count). The second-order valence-electron chi connectivity index (χ2n) is 7.84. The second-order valence-corrected chi connectivity index (χ2v) is 7.84. The smallest absolute Gasteiger partial charge is 0.298 e. The van der Waals surface area contributed by atoms with Crippen molar-refractivity contribution in [3.05, 3.63) is 59.9 Å². The van der Waals surface area contributed by atoms with E-state index in [-0.39, 0.29) is 11.7 Å². The number of likely N-dealkylation sites (tertiary alicyclic amines) is 1. The van der Waals surface area contributed by atoms with Crippen molar-refractivity contribution in [3.8, 4) is 0 Å². The van der Waals surface area contributed by atoms with Crippen LogP contribution >= 0.6 is 0 Å². The number of hydrogen-bond acceptors (Lipinski definition) is 4. The Hall–Kier alpha value is -2.89. The Labute approximate surface area is 162 Å². The highest BCUT2D eigenvalue weighted by Gasteiger charge is 2.49. The summed E-state index contributed by atoms with van der Waals surface area (Å²) in [5.74, 6) is -0.130. The first-order valence-corrected chi connectivity index (χ1v) is 9.78. The van der Waals surface area contributed by atoms with Gasteiger partial charge < -0.3 is 14.2 Å². The van der Waals surface area contributed by atoms with Crippen LogP contribution in [0.25, 0.3) is 11.1 Å². The number of anilines is 1. The van der Waals surface area contributed by atoms with Gasteiger partial charge in [-0.3, -0.25) is 4.79 Å². The number of hydrogen-bond donors (Lipinski definition) is 0. The molecule has 6 heteroatoms. The van der Waals surface area contributed by atoms with Gasteiger partial charge in [0.15, 0.2) is 5.58 Å². The number of halogens is 1. The van der Waals surface area contributed by atoms with Crippen LogP contribution in [0, 0.1) is 11.2 Å². The quantitative estimate of drug-likeness (QED) is 0.691. The predicted molar refractivity (Wildman–Crippen MR) is 104 cm³/mol. The molecule has 5 nitrogen and oxygen atoms in total. The lowest BCUT2D eigenvalue weighted by Crippen LogP contribution is -2.49. The van der Waals surface area contributed by atoms with E-state index in [0.29, 0.717) is 31.2 Å². The minimum absolute atomic E-state index is 0.126. The molecule has 1 atom stereocenters. The topological polar surface area (TPSA) is 49.6 Å². The van der Waals surface area contributed by atoms with Crippen LogP contribution in [0.3, 0.4) is 0 Å². The number of aromatic nitrogens is 1. The van der Waals surface area contributed by atoms with E-state index in [1.807, 2.05) is 35.2 Å². The normalized spacial score (nSPS) is 22.5. The van der Waals surface area contributed by atoms with Gasteiger partial charge in [0.2, 0.25) is 5.91 Å². The van der Waals surface area contributed by atoms with E-state index in [4.69, 9.17) is 4.42 Å². The van der Waals surface area contributed by atoms with Crippen LogP contribution in [0.2, 0.25) is 0 Å². The minimum Gasteiger partial charge on any atom is -0.423 e. The van der Waals surface area contributed by atoms with E-state index in [1.54, 1.807) is 12.1 Å². The number of fused-ring (bicyclic) bond motifs is 1. The molecule has 1 spiro atoms. The van der Waals surface area contributed by atoms with E-state index < -0.39 is 5.41 Å². The number of carbonyl (C=O) groups excluding carboxylic acids is 1. The van der Waals surface area contributed by atoms with Crippen LogP contribution in [0.5, 0.6) is 0 Å². The third-order valence-electron chi connectivity index (χ3n) is 6.05. The summed E-state index contributed by atoms with van der Waals surface area (Å²) < 4.78 is 20.0. The number of rotatable bonds is 3. The van der Waals surface area contributed by atoms with Crippen LogP contribution in [-0.2, 0) is 11.3 Å². The molecular weight excluding hydrogens is 357 g/mol. The van der Waals surface area contributed by atoms with E-state index in [0.717, 1.165) is 36.9 Å². The third-order valence-corrected chi connectivity index (χ3v) is 6.05. The van der Waals surface area contributed by atoms with E-state index >= 15 is 0 Å². The zero-order valence-electron chi connectivity index (χ0n) is 15.6. The lowest BCUT2D eigenvalue weighted by atomic mass is 9.78. The Bertz CT molecular complexity index is 1000. The molecule has 144 valence electrons. The highest BCUT2D eigenvalue weighted by atomic mass is 19.1. The monoisotopic (exact) mass is 379 g/mol. The second kappa shape index (κ2) is 6.62. The first-order valence-electron chi connectivity index (χ1n) is 9.78. The molecule has 2 fully saturated rings. The summed E-state index contributed by atoms with van der Waals surface area (Å²) in [7, 11) is 0. The zero-order chi connectivity index (χ0) is 19.1. The van der Waals surface area contributed by atoms with Crippen molar-refractivity contribution in [2.24, 2.45) is 5.41 Å². The molecule has 2 saturated heterocycles. The van der Waals surface area contributed by atoms with Gasteiger partial charge in [-0.15, -0.1) is 0 Å². The number of oxazole rings is 1. The molecule has 2 aliphatic rings. The Morgan fingerprint density at radius 3 is 2.75 bits per heavy atom. The van der Waals surface area contributed by atoms with Gasteiger partial charge >= 0.3 is 0 Å². The number of nitrogens with zero attached hydrogens (tertiary/aromatic N) is 3. The highest BCUT2D eigenvalue weighted by Crippen LogP contribution is 2.42. The molecule has 0 N–H and O–H groups in total. The summed E-state index contributed by atoms with van der Waals surface area (Å²) in [6.07, 6.45) is 2.57. The fourth-order valence-electron chi connectivity index (χ4n) is 4.54. The SMILES string of the molecule is O=C1N(Cc2ccccc2F)CCC[C@@]12CCN(c1nc3ccccc3o1)C2. The van der Waals surface area contributed by atoms with Crippen LogP contribution in [0.1, 0.15) is 24.8 Å². The molecule has 0 unspecified atom stereocenters. The standard InChI is InChI=1S/C22H22FN3O2/c23-17-7-2-1-6-16(17)14-25-12-5-10-22(20(25)27)11-13-26(15-22)21-24-18-8-3-4-9-19(18)28-21/h1-4,6-9H,5,10-15H2/t22-/m0/s1. The summed E-state index contributed by atoms with van der Waals surface area (Å²) in [5, 5.41) is 0. The molecule has 1 amide bonds. The maximum atomic E-state index is 14.1. The van der Waals surface area contributed by atoms with Crippen molar-refractivity contribution in [1.82, 2.24) is 9.88 Å². The Kier molecular flexibility index (Phi) is 4.07. The molecule has 28 heavy (non-hydrogen) atoms. The Balaban J connectivity index is 1.36. The number of piperidine rings is 1. The Morgan fingerprint density at radius 2 is 1.89 bits per heavy atom. The highest BCUT2D eigenvalue weighted by molar-refractivity contribution is 5.85. The number of para-hydroxylation sites is 2. The molecular formula is C22H22FN3O2. The summed E-state index contributed by atoms with van der Waals surface area (Å²) in [5.41, 5.74) is 1.73. The van der Waals surface area contributed by atoms with Gasteiger partial charge in [-0.1, -0.05) is 30.3 Å². The summed E-state index contributed by atoms with van der Waals surface area (Å²) >= 11 is 0. The maximum absolute atomic E-state index is 14.1. The van der Waals surface area contributed by atoms with Crippen molar-refractivity contribution in [2.45, 2.75) is 25.8 Å². The van der Waals surface area contributed by atoms with E-state index in [1.165, 1.54) is 6.07 Å². The first-order chi connectivity index (χ1) is 13.6. The molecule has 3 heterocycles. The van der Waals surface area contributed by atoms with Gasteiger partial charge in [0.25, 0.3) is 6.01 Å². The van der Waals surface area contributed by atoms with E-state index in [9.17, 15) is 9.18 Å². The van der Waals surface area contributed by atoms with Gasteiger partial charge in [0.1, 0.15) is 11.3 Å². The van der Waals surface area contributed by atoms with E-state index in [2.05, 4.69) is 9.88 Å². The van der Waals surface area contributed by atoms with Crippen LogP contribution in [0.15, 0.2) is 52.9 Å². The minimum atomic E-state index is -0.426. The molecule has 0 saturated carbocycles. The molecule has 1 aromatic heterocycles. The summed E-state index contributed by atoms with van der Waals surface area (Å²) in [6.45, 7) is 2.35. The van der Waals surface area contributed by atoms with Gasteiger partial charge in [-0.05, 0) is 37.5 Å². The summed E-state index contributed by atoms with van der Waals surface area (Å²) in [6, 6.07) is 15.0. The lowest BCUT2D eigenvalue weighted by molar-refractivity contribution is -0.145. The van der Waals surface area contributed by atoms with Gasteiger partial charge in [-0.25, -0.2) is 4.39 Å². The van der Waals surface area contributed by atoms with Crippen LogP contribution < -0.4 is 4.90 Å².